The van der Waals surface area contributed by atoms with Crippen LogP contribution in [-0.4, -0.2) is 17.6 Å². The fourth-order valence-electron chi connectivity index (χ4n) is 2.02. The normalized spacial score (nSPS) is 13.5. The third kappa shape index (κ3) is 3.68. The number of halogens is 2. The van der Waals surface area contributed by atoms with Gasteiger partial charge in [-0.3, -0.25) is 4.79 Å². The second kappa shape index (κ2) is 6.37. The molecule has 1 atom stereocenters. The summed E-state index contributed by atoms with van der Waals surface area (Å²) in [5, 5.41) is 12.4. The molecule has 0 heterocycles. The predicted octanol–water partition coefficient (Wildman–Crippen LogP) is 3.23. The molecule has 2 rings (SSSR count). The highest BCUT2D eigenvalue weighted by molar-refractivity contribution is 9.10. The number of nitrogens with one attached hydrogen (secondary N) is 1. The van der Waals surface area contributed by atoms with E-state index < -0.39 is 17.3 Å². The van der Waals surface area contributed by atoms with Crippen LogP contribution in [0, 0.1) is 5.82 Å². The van der Waals surface area contributed by atoms with Crippen molar-refractivity contribution in [3.8, 4) is 0 Å². The van der Waals surface area contributed by atoms with Gasteiger partial charge in [0, 0.05) is 10.0 Å². The molecule has 0 aromatic heterocycles. The molecule has 2 aromatic rings. The van der Waals surface area contributed by atoms with Gasteiger partial charge in [0.25, 0.3) is 5.91 Å². The molecule has 2 aromatic carbocycles. The highest BCUT2D eigenvalue weighted by Gasteiger charge is 2.28. The minimum Gasteiger partial charge on any atom is -0.394 e. The van der Waals surface area contributed by atoms with Crippen LogP contribution in [-0.2, 0) is 5.54 Å². The third-order valence-corrected chi connectivity index (χ3v) is 3.70. The Labute approximate surface area is 130 Å². The van der Waals surface area contributed by atoms with Crippen LogP contribution in [0.2, 0.25) is 0 Å². The standard InChI is InChI=1S/C16H15BrFNO2/c1-16(10-20,12-5-3-2-4-6-12)19-15(21)11-7-13(17)9-14(18)8-11/h2-9,20H,10H2,1H3,(H,19,21). The van der Waals surface area contributed by atoms with E-state index in [-0.39, 0.29) is 12.2 Å². The number of benzene rings is 2. The Kier molecular flexibility index (Phi) is 4.75. The van der Waals surface area contributed by atoms with Gasteiger partial charge in [0.2, 0.25) is 0 Å². The minimum absolute atomic E-state index is 0.192. The summed E-state index contributed by atoms with van der Waals surface area (Å²) >= 11 is 3.15. The van der Waals surface area contributed by atoms with E-state index in [0.717, 1.165) is 11.6 Å². The van der Waals surface area contributed by atoms with Crippen LogP contribution < -0.4 is 5.32 Å². The number of hydrogen-bond donors (Lipinski definition) is 2. The molecule has 0 aliphatic carbocycles. The smallest absolute Gasteiger partial charge is 0.252 e. The molecule has 110 valence electrons. The van der Waals surface area contributed by atoms with Crippen molar-refractivity contribution in [2.24, 2.45) is 0 Å². The lowest BCUT2D eigenvalue weighted by atomic mass is 9.92. The van der Waals surface area contributed by atoms with E-state index >= 15 is 0 Å². The quantitative estimate of drug-likeness (QED) is 0.888. The van der Waals surface area contributed by atoms with Gasteiger partial charge in [-0.25, -0.2) is 4.39 Å². The van der Waals surface area contributed by atoms with Crippen molar-refractivity contribution in [3.05, 3.63) is 69.9 Å². The molecule has 1 unspecified atom stereocenters. The Morgan fingerprint density at radius 1 is 1.29 bits per heavy atom. The van der Waals surface area contributed by atoms with Crippen LogP contribution in [0.5, 0.6) is 0 Å². The first-order chi connectivity index (χ1) is 9.94. The van der Waals surface area contributed by atoms with Gasteiger partial charge in [0.05, 0.1) is 12.1 Å². The molecule has 2 N–H and O–H groups in total. The first kappa shape index (κ1) is 15.7. The van der Waals surface area contributed by atoms with E-state index in [1.54, 1.807) is 6.92 Å². The lowest BCUT2D eigenvalue weighted by molar-refractivity contribution is 0.0849. The molecule has 0 saturated carbocycles. The van der Waals surface area contributed by atoms with Gasteiger partial charge in [-0.1, -0.05) is 46.3 Å². The average molecular weight is 352 g/mol. The van der Waals surface area contributed by atoms with E-state index in [1.807, 2.05) is 30.3 Å². The van der Waals surface area contributed by atoms with Gasteiger partial charge in [-0.15, -0.1) is 0 Å². The topological polar surface area (TPSA) is 49.3 Å². The zero-order valence-corrected chi connectivity index (χ0v) is 13.0. The zero-order chi connectivity index (χ0) is 15.5. The summed E-state index contributed by atoms with van der Waals surface area (Å²) in [6, 6.07) is 13.1. The number of carbonyl (C=O) groups excluding carboxylic acids is 1. The summed E-state index contributed by atoms with van der Waals surface area (Å²) in [5.41, 5.74) is 0.0331. The van der Waals surface area contributed by atoms with E-state index in [2.05, 4.69) is 21.2 Å². The summed E-state index contributed by atoms with van der Waals surface area (Å²) in [5.74, 6) is -0.949. The lowest BCUT2D eigenvalue weighted by Gasteiger charge is -2.29. The Morgan fingerprint density at radius 3 is 2.52 bits per heavy atom. The van der Waals surface area contributed by atoms with E-state index in [4.69, 9.17) is 0 Å². The van der Waals surface area contributed by atoms with Crippen molar-refractivity contribution in [1.29, 1.82) is 0 Å². The maximum absolute atomic E-state index is 13.4. The molecule has 0 aliphatic rings. The van der Waals surface area contributed by atoms with Crippen LogP contribution in [0.1, 0.15) is 22.8 Å². The summed E-state index contributed by atoms with van der Waals surface area (Å²) in [6.07, 6.45) is 0. The Hall–Kier alpha value is -1.72. The van der Waals surface area contributed by atoms with Crippen molar-refractivity contribution in [3.63, 3.8) is 0 Å². The molecule has 21 heavy (non-hydrogen) atoms. The fraction of sp³-hybridized carbons (Fsp3) is 0.188. The fourth-order valence-corrected chi connectivity index (χ4v) is 2.48. The number of amides is 1. The van der Waals surface area contributed by atoms with Crippen LogP contribution in [0.3, 0.4) is 0 Å². The molecule has 0 saturated heterocycles. The van der Waals surface area contributed by atoms with E-state index in [0.29, 0.717) is 4.47 Å². The van der Waals surface area contributed by atoms with Gasteiger partial charge in [0.15, 0.2) is 0 Å². The largest absolute Gasteiger partial charge is 0.394 e. The minimum atomic E-state index is -0.933. The van der Waals surface area contributed by atoms with Crippen molar-refractivity contribution in [1.82, 2.24) is 5.32 Å². The molecule has 0 aliphatic heterocycles. The number of carbonyl (C=O) groups is 1. The van der Waals surface area contributed by atoms with Gasteiger partial charge in [0.1, 0.15) is 5.82 Å². The molecule has 0 spiro atoms. The first-order valence-corrected chi connectivity index (χ1v) is 7.19. The lowest BCUT2D eigenvalue weighted by Crippen LogP contribution is -2.46. The molecule has 0 bridgehead atoms. The van der Waals surface area contributed by atoms with Crippen LogP contribution in [0.15, 0.2) is 53.0 Å². The van der Waals surface area contributed by atoms with Crippen LogP contribution >= 0.6 is 15.9 Å². The SMILES string of the molecule is CC(CO)(NC(=O)c1cc(F)cc(Br)c1)c1ccccc1. The van der Waals surface area contributed by atoms with Crippen molar-refractivity contribution >= 4 is 21.8 Å². The van der Waals surface area contributed by atoms with Crippen molar-refractivity contribution in [2.45, 2.75) is 12.5 Å². The predicted molar refractivity (Wildman–Crippen MR) is 82.4 cm³/mol. The Morgan fingerprint density at radius 2 is 1.95 bits per heavy atom. The molecule has 0 radical (unpaired) electrons. The Bertz CT molecular complexity index is 628. The number of aliphatic hydroxyl groups is 1. The van der Waals surface area contributed by atoms with Crippen molar-refractivity contribution in [2.75, 3.05) is 6.61 Å². The summed E-state index contributed by atoms with van der Waals surface area (Å²) in [4.78, 5) is 12.3. The molecular formula is C16H15BrFNO2. The average Bonchev–Trinajstić information content (AvgIpc) is 2.47. The second-order valence-electron chi connectivity index (χ2n) is 4.97. The zero-order valence-electron chi connectivity index (χ0n) is 11.4. The highest BCUT2D eigenvalue weighted by atomic mass is 79.9. The molecular weight excluding hydrogens is 337 g/mol. The third-order valence-electron chi connectivity index (χ3n) is 3.24. The number of rotatable bonds is 4. The Balaban J connectivity index is 2.28. The van der Waals surface area contributed by atoms with E-state index in [9.17, 15) is 14.3 Å². The van der Waals surface area contributed by atoms with E-state index in [1.165, 1.54) is 12.1 Å². The monoisotopic (exact) mass is 351 g/mol. The number of aliphatic hydroxyl groups excluding tert-OH is 1. The van der Waals surface area contributed by atoms with Gasteiger partial charge in [-0.2, -0.15) is 0 Å². The van der Waals surface area contributed by atoms with Crippen molar-refractivity contribution < 1.29 is 14.3 Å². The summed E-state index contributed by atoms with van der Waals surface area (Å²) in [6.45, 7) is 1.45. The maximum Gasteiger partial charge on any atom is 0.252 e. The maximum atomic E-state index is 13.4. The highest BCUT2D eigenvalue weighted by Crippen LogP contribution is 2.21. The first-order valence-electron chi connectivity index (χ1n) is 6.39. The molecule has 3 nitrogen and oxygen atoms in total. The summed E-state index contributed by atoms with van der Waals surface area (Å²) < 4.78 is 13.9. The van der Waals surface area contributed by atoms with Crippen LogP contribution in [0.25, 0.3) is 0 Å². The number of hydrogen-bond acceptors (Lipinski definition) is 2. The molecule has 0 fully saturated rings. The van der Waals surface area contributed by atoms with Crippen LogP contribution in [0.4, 0.5) is 4.39 Å². The van der Waals surface area contributed by atoms with Gasteiger partial charge in [-0.05, 0) is 30.7 Å². The van der Waals surface area contributed by atoms with Gasteiger partial charge < -0.3 is 10.4 Å². The van der Waals surface area contributed by atoms with Gasteiger partial charge >= 0.3 is 0 Å². The molecule has 1 amide bonds. The second-order valence-corrected chi connectivity index (χ2v) is 5.88. The summed E-state index contributed by atoms with van der Waals surface area (Å²) in [7, 11) is 0. The molecule has 5 heteroatoms.